The molecule has 20 heavy (non-hydrogen) atoms. The Labute approximate surface area is 116 Å². The summed E-state index contributed by atoms with van der Waals surface area (Å²) in [6, 6.07) is 2.80. The number of aliphatic carboxylic acids is 1. The van der Waals surface area contributed by atoms with E-state index in [2.05, 4.69) is 10.3 Å². The van der Waals surface area contributed by atoms with Crippen LogP contribution in [0.25, 0.3) is 0 Å². The lowest BCUT2D eigenvalue weighted by atomic mass is 10.1. The summed E-state index contributed by atoms with van der Waals surface area (Å²) in [5, 5.41) is 11.5. The first-order chi connectivity index (χ1) is 9.32. The third-order valence-electron chi connectivity index (χ3n) is 3.30. The van der Waals surface area contributed by atoms with E-state index in [1.165, 1.54) is 6.07 Å². The number of nitrogens with one attached hydrogen (secondary N) is 2. The van der Waals surface area contributed by atoms with Crippen molar-refractivity contribution in [2.45, 2.75) is 38.6 Å². The zero-order valence-electron chi connectivity index (χ0n) is 11.5. The molecule has 1 fully saturated rings. The maximum Gasteiger partial charge on any atom is 0.329 e. The Hall–Kier alpha value is -2.11. The van der Waals surface area contributed by atoms with Crippen molar-refractivity contribution in [1.82, 2.24) is 10.3 Å². The molecule has 1 aliphatic carbocycles. The second-order valence-electron chi connectivity index (χ2n) is 5.70. The van der Waals surface area contributed by atoms with Crippen LogP contribution in [-0.2, 0) is 11.2 Å². The molecule has 0 aliphatic heterocycles. The van der Waals surface area contributed by atoms with Crippen molar-refractivity contribution >= 4 is 11.9 Å². The summed E-state index contributed by atoms with van der Waals surface area (Å²) in [7, 11) is 0. The van der Waals surface area contributed by atoms with Crippen molar-refractivity contribution < 1.29 is 14.7 Å². The Morgan fingerprint density at radius 2 is 2.05 bits per heavy atom. The number of pyridine rings is 1. The summed E-state index contributed by atoms with van der Waals surface area (Å²) in [6.45, 7) is 4.02. The van der Waals surface area contributed by atoms with Crippen molar-refractivity contribution in [3.8, 4) is 0 Å². The molecular weight excluding hydrogens is 260 g/mol. The molecule has 3 N–H and O–H groups in total. The summed E-state index contributed by atoms with van der Waals surface area (Å²) in [4.78, 5) is 37.4. The molecule has 1 aromatic heterocycles. The molecule has 0 unspecified atom stereocenters. The number of hydrogen-bond acceptors (Lipinski definition) is 3. The van der Waals surface area contributed by atoms with Gasteiger partial charge in [-0.2, -0.15) is 0 Å². The van der Waals surface area contributed by atoms with Gasteiger partial charge in [-0.05, 0) is 31.2 Å². The Kier molecular flexibility index (Phi) is 3.65. The van der Waals surface area contributed by atoms with Crippen LogP contribution in [0.2, 0.25) is 0 Å². The summed E-state index contributed by atoms with van der Waals surface area (Å²) in [5.74, 6) is -1.20. The standard InChI is InChI=1S/C14H18N2O4/c1-8(2)5-10-6-9(7-11(17)15-10)12(18)16-14(3-4-14)13(19)20/h6-8H,3-5H2,1-2H3,(H,15,17)(H,16,18)(H,19,20). The number of carboxylic acid groups (broad SMARTS) is 1. The van der Waals surface area contributed by atoms with Crippen LogP contribution in [-0.4, -0.2) is 27.5 Å². The van der Waals surface area contributed by atoms with E-state index >= 15 is 0 Å². The minimum atomic E-state index is -1.14. The molecule has 0 saturated heterocycles. The number of carbonyl (C=O) groups is 2. The van der Waals surface area contributed by atoms with Crippen LogP contribution in [0.1, 0.15) is 42.7 Å². The highest BCUT2D eigenvalue weighted by molar-refractivity contribution is 5.98. The van der Waals surface area contributed by atoms with Gasteiger partial charge in [0.25, 0.3) is 5.91 Å². The molecule has 1 saturated carbocycles. The quantitative estimate of drug-likeness (QED) is 0.745. The van der Waals surface area contributed by atoms with Gasteiger partial charge in [-0.15, -0.1) is 0 Å². The largest absolute Gasteiger partial charge is 0.480 e. The zero-order valence-corrected chi connectivity index (χ0v) is 11.5. The van der Waals surface area contributed by atoms with E-state index in [0.717, 1.165) is 0 Å². The summed E-state index contributed by atoms with van der Waals surface area (Å²) < 4.78 is 0. The topological polar surface area (TPSA) is 99.3 Å². The van der Waals surface area contributed by atoms with Gasteiger partial charge in [0, 0.05) is 17.3 Å². The molecule has 0 aromatic carbocycles. The molecule has 1 aromatic rings. The van der Waals surface area contributed by atoms with E-state index in [9.17, 15) is 14.4 Å². The molecule has 1 heterocycles. The number of aromatic nitrogens is 1. The minimum absolute atomic E-state index is 0.205. The number of carboxylic acids is 1. The SMILES string of the molecule is CC(C)Cc1cc(C(=O)NC2(C(=O)O)CC2)cc(=O)[nH]1. The molecule has 1 aliphatic rings. The number of hydrogen-bond donors (Lipinski definition) is 3. The van der Waals surface area contributed by atoms with Gasteiger partial charge in [-0.3, -0.25) is 9.59 Å². The van der Waals surface area contributed by atoms with Crippen LogP contribution in [0.3, 0.4) is 0 Å². The van der Waals surface area contributed by atoms with Crippen LogP contribution >= 0.6 is 0 Å². The first-order valence-corrected chi connectivity index (χ1v) is 6.61. The Morgan fingerprint density at radius 1 is 1.40 bits per heavy atom. The third-order valence-corrected chi connectivity index (χ3v) is 3.30. The highest BCUT2D eigenvalue weighted by Gasteiger charge is 2.51. The Bertz CT molecular complexity index is 599. The molecule has 2 rings (SSSR count). The summed E-state index contributed by atoms with van der Waals surface area (Å²) in [6.07, 6.45) is 1.51. The number of aromatic amines is 1. The van der Waals surface area contributed by atoms with Gasteiger partial charge in [0.1, 0.15) is 5.54 Å². The molecule has 0 bridgehead atoms. The van der Waals surface area contributed by atoms with Gasteiger partial charge < -0.3 is 15.4 Å². The van der Waals surface area contributed by atoms with Crippen LogP contribution in [0.15, 0.2) is 16.9 Å². The van der Waals surface area contributed by atoms with E-state index < -0.39 is 17.4 Å². The average molecular weight is 278 g/mol. The van der Waals surface area contributed by atoms with Crippen molar-refractivity contribution in [2.75, 3.05) is 0 Å². The number of carbonyl (C=O) groups excluding carboxylic acids is 1. The highest BCUT2D eigenvalue weighted by atomic mass is 16.4. The maximum absolute atomic E-state index is 12.1. The van der Waals surface area contributed by atoms with E-state index in [4.69, 9.17) is 5.11 Å². The number of H-pyrrole nitrogens is 1. The normalized spacial score (nSPS) is 15.9. The zero-order chi connectivity index (χ0) is 14.9. The van der Waals surface area contributed by atoms with E-state index in [1.807, 2.05) is 13.8 Å². The molecule has 0 atom stereocenters. The van der Waals surface area contributed by atoms with Gasteiger partial charge in [-0.25, -0.2) is 4.79 Å². The Balaban J connectivity index is 2.20. The summed E-state index contributed by atoms with van der Waals surface area (Å²) in [5.41, 5.74) is -0.610. The molecule has 6 heteroatoms. The average Bonchev–Trinajstić information content (AvgIpc) is 3.08. The predicted octanol–water partition coefficient (Wildman–Crippen LogP) is 0.920. The second-order valence-corrected chi connectivity index (χ2v) is 5.70. The van der Waals surface area contributed by atoms with Crippen LogP contribution in [0.4, 0.5) is 0 Å². The molecule has 0 spiro atoms. The van der Waals surface area contributed by atoms with Crippen molar-refractivity contribution in [1.29, 1.82) is 0 Å². The van der Waals surface area contributed by atoms with Crippen molar-refractivity contribution in [3.05, 3.63) is 33.7 Å². The monoisotopic (exact) mass is 278 g/mol. The predicted molar refractivity (Wildman–Crippen MR) is 72.7 cm³/mol. The van der Waals surface area contributed by atoms with Gasteiger partial charge in [0.05, 0.1) is 0 Å². The number of rotatable bonds is 5. The first-order valence-electron chi connectivity index (χ1n) is 6.61. The lowest BCUT2D eigenvalue weighted by Gasteiger charge is -2.13. The van der Waals surface area contributed by atoms with E-state index in [1.54, 1.807) is 6.07 Å². The van der Waals surface area contributed by atoms with Crippen LogP contribution in [0.5, 0.6) is 0 Å². The van der Waals surface area contributed by atoms with Gasteiger partial charge in [0.15, 0.2) is 0 Å². The lowest BCUT2D eigenvalue weighted by molar-refractivity contribution is -0.140. The smallest absolute Gasteiger partial charge is 0.329 e. The highest BCUT2D eigenvalue weighted by Crippen LogP contribution is 2.35. The third kappa shape index (κ3) is 3.07. The molecule has 1 amide bonds. The van der Waals surface area contributed by atoms with Gasteiger partial charge in [-0.1, -0.05) is 13.8 Å². The second kappa shape index (κ2) is 5.11. The molecular formula is C14H18N2O4. The van der Waals surface area contributed by atoms with Gasteiger partial charge in [0.2, 0.25) is 5.56 Å². The van der Waals surface area contributed by atoms with Crippen molar-refractivity contribution in [3.63, 3.8) is 0 Å². The van der Waals surface area contributed by atoms with E-state index in [-0.39, 0.29) is 11.1 Å². The fourth-order valence-electron chi connectivity index (χ4n) is 2.09. The number of amides is 1. The van der Waals surface area contributed by atoms with Gasteiger partial charge >= 0.3 is 5.97 Å². The Morgan fingerprint density at radius 3 is 2.55 bits per heavy atom. The van der Waals surface area contributed by atoms with E-state index in [0.29, 0.717) is 30.9 Å². The lowest BCUT2D eigenvalue weighted by Crippen LogP contribution is -2.43. The van der Waals surface area contributed by atoms with Crippen LogP contribution < -0.4 is 10.9 Å². The minimum Gasteiger partial charge on any atom is -0.480 e. The first kappa shape index (κ1) is 14.3. The molecule has 0 radical (unpaired) electrons. The van der Waals surface area contributed by atoms with Crippen LogP contribution in [0, 0.1) is 5.92 Å². The maximum atomic E-state index is 12.1. The summed E-state index contributed by atoms with van der Waals surface area (Å²) >= 11 is 0. The fourth-order valence-corrected chi connectivity index (χ4v) is 2.09. The van der Waals surface area contributed by atoms with Crippen molar-refractivity contribution in [2.24, 2.45) is 5.92 Å². The molecule has 108 valence electrons. The molecule has 6 nitrogen and oxygen atoms in total. The fraction of sp³-hybridized carbons (Fsp3) is 0.500.